The number of carbonyl (C=O) groups is 3. The van der Waals surface area contributed by atoms with E-state index in [1.807, 2.05) is 0 Å². The Hall–Kier alpha value is -1.89. The van der Waals surface area contributed by atoms with Gasteiger partial charge in [-0.2, -0.15) is 0 Å². The molecule has 1 aliphatic rings. The zero-order valence-corrected chi connectivity index (χ0v) is 12.6. The van der Waals surface area contributed by atoms with Crippen LogP contribution in [0.4, 0.5) is 0 Å². The van der Waals surface area contributed by atoms with Crippen molar-refractivity contribution in [2.24, 2.45) is 5.92 Å². The molecule has 2 rings (SSSR count). The molecule has 1 fully saturated rings. The molecule has 0 bridgehead atoms. The third-order valence-electron chi connectivity index (χ3n) is 3.68. The number of hydrogen-bond donors (Lipinski definition) is 2. The zero-order valence-electron chi connectivity index (χ0n) is 11.8. The maximum atomic E-state index is 12.3. The van der Waals surface area contributed by atoms with Gasteiger partial charge in [-0.15, -0.1) is 11.3 Å². The van der Waals surface area contributed by atoms with E-state index in [4.69, 9.17) is 5.11 Å². The van der Waals surface area contributed by atoms with Gasteiger partial charge >= 0.3 is 5.97 Å². The smallest absolute Gasteiger partial charge is 0.345 e. The van der Waals surface area contributed by atoms with Gasteiger partial charge in [-0.3, -0.25) is 9.59 Å². The average molecular weight is 310 g/mol. The number of carboxylic acids is 1. The second kappa shape index (κ2) is 6.71. The Balaban J connectivity index is 1.90. The monoisotopic (exact) mass is 310 g/mol. The maximum absolute atomic E-state index is 12.3. The highest BCUT2D eigenvalue weighted by molar-refractivity contribution is 7.15. The van der Waals surface area contributed by atoms with Crippen molar-refractivity contribution < 1.29 is 19.5 Å². The van der Waals surface area contributed by atoms with Crippen LogP contribution in [0.2, 0.25) is 0 Å². The Morgan fingerprint density at radius 3 is 2.43 bits per heavy atom. The minimum absolute atomic E-state index is 0.0316. The molecule has 1 aromatic heterocycles. The number of carbonyl (C=O) groups excluding carboxylic acids is 2. The summed E-state index contributed by atoms with van der Waals surface area (Å²) in [7, 11) is 1.62. The summed E-state index contributed by atoms with van der Waals surface area (Å²) in [5.41, 5.74) is 0. The largest absolute Gasteiger partial charge is 0.477 e. The van der Waals surface area contributed by atoms with Crippen molar-refractivity contribution >= 4 is 29.1 Å². The van der Waals surface area contributed by atoms with Gasteiger partial charge in [-0.1, -0.05) is 0 Å². The molecule has 0 saturated carbocycles. The highest BCUT2D eigenvalue weighted by Crippen LogP contribution is 2.24. The first kappa shape index (κ1) is 15.5. The SMILES string of the molecule is CNC(=O)CC1CCN(C(=O)c2ccc(C(=O)O)s2)CC1. The first-order chi connectivity index (χ1) is 10.0. The molecule has 0 atom stereocenters. The van der Waals surface area contributed by atoms with Crippen molar-refractivity contribution in [3.05, 3.63) is 21.9 Å². The van der Waals surface area contributed by atoms with Gasteiger partial charge in [-0.05, 0) is 30.9 Å². The van der Waals surface area contributed by atoms with E-state index >= 15 is 0 Å². The van der Waals surface area contributed by atoms with Crippen molar-refractivity contribution in [2.75, 3.05) is 20.1 Å². The number of thiophene rings is 1. The Labute approximate surface area is 126 Å². The van der Waals surface area contributed by atoms with E-state index in [0.29, 0.717) is 30.3 Å². The van der Waals surface area contributed by atoms with Crippen molar-refractivity contribution in [1.82, 2.24) is 10.2 Å². The van der Waals surface area contributed by atoms with E-state index in [1.54, 1.807) is 18.0 Å². The van der Waals surface area contributed by atoms with Crippen LogP contribution >= 0.6 is 11.3 Å². The minimum Gasteiger partial charge on any atom is -0.477 e. The number of nitrogens with zero attached hydrogens (tertiary/aromatic N) is 1. The van der Waals surface area contributed by atoms with Crippen LogP contribution in [0, 0.1) is 5.92 Å². The highest BCUT2D eigenvalue weighted by Gasteiger charge is 2.26. The third kappa shape index (κ3) is 3.81. The summed E-state index contributed by atoms with van der Waals surface area (Å²) in [4.78, 5) is 36.8. The van der Waals surface area contributed by atoms with Crippen molar-refractivity contribution in [3.8, 4) is 0 Å². The fourth-order valence-electron chi connectivity index (χ4n) is 2.43. The molecule has 0 unspecified atom stereocenters. The quantitative estimate of drug-likeness (QED) is 0.881. The average Bonchev–Trinajstić information content (AvgIpc) is 2.97. The van der Waals surface area contributed by atoms with Crippen LogP contribution in [0.3, 0.4) is 0 Å². The second-order valence-corrected chi connectivity index (χ2v) is 6.17. The Morgan fingerprint density at radius 2 is 1.90 bits per heavy atom. The molecule has 114 valence electrons. The lowest BCUT2D eigenvalue weighted by Gasteiger charge is -2.31. The molecule has 2 N–H and O–H groups in total. The lowest BCUT2D eigenvalue weighted by Crippen LogP contribution is -2.39. The Morgan fingerprint density at radius 1 is 1.29 bits per heavy atom. The number of rotatable bonds is 4. The molecule has 7 heteroatoms. The van der Waals surface area contributed by atoms with Gasteiger partial charge < -0.3 is 15.3 Å². The molecule has 0 aromatic carbocycles. The van der Waals surface area contributed by atoms with Crippen molar-refractivity contribution in [2.45, 2.75) is 19.3 Å². The van der Waals surface area contributed by atoms with Gasteiger partial charge in [0, 0.05) is 26.6 Å². The molecule has 0 aliphatic carbocycles. The third-order valence-corrected chi connectivity index (χ3v) is 4.74. The van der Waals surface area contributed by atoms with Gasteiger partial charge in [-0.25, -0.2) is 4.79 Å². The van der Waals surface area contributed by atoms with Crippen LogP contribution < -0.4 is 5.32 Å². The van der Waals surface area contributed by atoms with Crippen LogP contribution in [0.25, 0.3) is 0 Å². The highest BCUT2D eigenvalue weighted by atomic mass is 32.1. The van der Waals surface area contributed by atoms with Crippen LogP contribution in [0.1, 0.15) is 38.6 Å². The molecule has 1 aliphatic heterocycles. The second-order valence-electron chi connectivity index (χ2n) is 5.08. The summed E-state index contributed by atoms with van der Waals surface area (Å²) >= 11 is 1.00. The molecular formula is C14H18N2O4S. The number of carboxylic acid groups (broad SMARTS) is 1. The first-order valence-corrected chi connectivity index (χ1v) is 7.66. The Kier molecular flexibility index (Phi) is 4.95. The fourth-order valence-corrected chi connectivity index (χ4v) is 3.24. The minimum atomic E-state index is -1.01. The molecule has 0 radical (unpaired) electrons. The molecular weight excluding hydrogens is 292 g/mol. The summed E-state index contributed by atoms with van der Waals surface area (Å²) in [6.07, 6.45) is 2.10. The first-order valence-electron chi connectivity index (χ1n) is 6.84. The van der Waals surface area contributed by atoms with Gasteiger partial charge in [0.1, 0.15) is 4.88 Å². The predicted molar refractivity (Wildman–Crippen MR) is 78.6 cm³/mol. The topological polar surface area (TPSA) is 86.7 Å². The molecule has 21 heavy (non-hydrogen) atoms. The van der Waals surface area contributed by atoms with E-state index in [2.05, 4.69) is 5.32 Å². The summed E-state index contributed by atoms with van der Waals surface area (Å²) in [6, 6.07) is 3.02. The van der Waals surface area contributed by atoms with E-state index in [9.17, 15) is 14.4 Å². The lowest BCUT2D eigenvalue weighted by molar-refractivity contribution is -0.121. The van der Waals surface area contributed by atoms with Gasteiger partial charge in [0.25, 0.3) is 5.91 Å². The maximum Gasteiger partial charge on any atom is 0.345 e. The molecule has 2 amide bonds. The summed E-state index contributed by atoms with van der Waals surface area (Å²) in [6.45, 7) is 1.22. The molecule has 1 saturated heterocycles. The summed E-state index contributed by atoms with van der Waals surface area (Å²) in [5, 5.41) is 11.5. The van der Waals surface area contributed by atoms with Crippen LogP contribution in [-0.4, -0.2) is 47.9 Å². The normalized spacial score (nSPS) is 15.8. The molecule has 0 spiro atoms. The van der Waals surface area contributed by atoms with Crippen molar-refractivity contribution in [3.63, 3.8) is 0 Å². The van der Waals surface area contributed by atoms with Gasteiger partial charge in [0.05, 0.1) is 4.88 Å². The van der Waals surface area contributed by atoms with E-state index in [1.165, 1.54) is 6.07 Å². The van der Waals surface area contributed by atoms with Crippen LogP contribution in [0.5, 0.6) is 0 Å². The van der Waals surface area contributed by atoms with E-state index < -0.39 is 5.97 Å². The number of amides is 2. The van der Waals surface area contributed by atoms with E-state index in [-0.39, 0.29) is 16.7 Å². The fraction of sp³-hybridized carbons (Fsp3) is 0.500. The zero-order chi connectivity index (χ0) is 15.4. The van der Waals surface area contributed by atoms with Crippen molar-refractivity contribution in [1.29, 1.82) is 0 Å². The summed E-state index contributed by atoms with van der Waals surface area (Å²) < 4.78 is 0. The number of likely N-dealkylation sites (tertiary alicyclic amines) is 1. The van der Waals surface area contributed by atoms with Gasteiger partial charge in [0.15, 0.2) is 0 Å². The molecule has 1 aromatic rings. The molecule has 6 nitrogen and oxygen atoms in total. The van der Waals surface area contributed by atoms with E-state index in [0.717, 1.165) is 24.2 Å². The standard InChI is InChI=1S/C14H18N2O4S/c1-15-12(17)8-9-4-6-16(7-5-9)13(18)10-2-3-11(21-10)14(19)20/h2-3,9H,4-8H2,1H3,(H,15,17)(H,19,20). The summed E-state index contributed by atoms with van der Waals surface area (Å²) in [5.74, 6) is -0.787. The number of piperidine rings is 1. The lowest BCUT2D eigenvalue weighted by atomic mass is 9.93. The number of hydrogen-bond acceptors (Lipinski definition) is 4. The van der Waals surface area contributed by atoms with Crippen LogP contribution in [-0.2, 0) is 4.79 Å². The predicted octanol–water partition coefficient (Wildman–Crippen LogP) is 1.43. The Bertz CT molecular complexity index is 547. The van der Waals surface area contributed by atoms with Crippen LogP contribution in [0.15, 0.2) is 12.1 Å². The van der Waals surface area contributed by atoms with Gasteiger partial charge in [0.2, 0.25) is 5.91 Å². The molecule has 2 heterocycles. The number of aromatic carboxylic acids is 1. The number of nitrogens with one attached hydrogen (secondary N) is 1.